The number of carbonyl (C=O) groups is 1. The van der Waals surface area contributed by atoms with Gasteiger partial charge in [-0.15, -0.1) is 0 Å². The van der Waals surface area contributed by atoms with E-state index in [-0.39, 0.29) is 11.4 Å². The molecular formula is C28H28ClN5O2. The molecule has 2 aliphatic heterocycles. The van der Waals surface area contributed by atoms with Gasteiger partial charge in [-0.25, -0.2) is 9.78 Å². The Labute approximate surface area is 215 Å². The highest BCUT2D eigenvalue weighted by atomic mass is 35.5. The Bertz CT molecular complexity index is 1380. The largest absolute Gasteiger partial charge is 0.457 e. The lowest BCUT2D eigenvalue weighted by Gasteiger charge is -2.54. The van der Waals surface area contributed by atoms with Gasteiger partial charge in [-0.2, -0.15) is 0 Å². The normalized spacial score (nSPS) is 17.2. The van der Waals surface area contributed by atoms with Crippen LogP contribution in [0, 0.1) is 5.41 Å². The van der Waals surface area contributed by atoms with Gasteiger partial charge in [0.25, 0.3) is 0 Å². The predicted octanol–water partition coefficient (Wildman–Crippen LogP) is 5.91. The van der Waals surface area contributed by atoms with Gasteiger partial charge in [-0.1, -0.05) is 29.8 Å². The number of aromatic nitrogens is 2. The Morgan fingerprint density at radius 3 is 2.75 bits per heavy atom. The molecule has 0 aliphatic carbocycles. The van der Waals surface area contributed by atoms with Crippen molar-refractivity contribution in [3.8, 4) is 11.5 Å². The third-order valence-corrected chi connectivity index (χ3v) is 7.32. The zero-order valence-corrected chi connectivity index (χ0v) is 20.7. The first kappa shape index (κ1) is 22.9. The number of imidazole rings is 1. The fraction of sp³-hybridized carbons (Fsp3) is 0.286. The number of urea groups is 1. The number of anilines is 1. The summed E-state index contributed by atoms with van der Waals surface area (Å²) in [5.74, 6) is 2.29. The fourth-order valence-corrected chi connectivity index (χ4v) is 5.60. The SMILES string of the molecule is O=C(Nc1cnc2ccccn12)N1CCCC2(CN(Cc3cccc(Oc4ccc(Cl)cc4)c3)C2)C1. The summed E-state index contributed by atoms with van der Waals surface area (Å²) < 4.78 is 7.89. The van der Waals surface area contributed by atoms with Crippen LogP contribution in [0.2, 0.25) is 5.02 Å². The number of pyridine rings is 1. The highest BCUT2D eigenvalue weighted by Crippen LogP contribution is 2.40. The van der Waals surface area contributed by atoms with Crippen molar-refractivity contribution in [2.24, 2.45) is 5.41 Å². The first-order chi connectivity index (χ1) is 17.6. The van der Waals surface area contributed by atoms with Crippen LogP contribution in [0.15, 0.2) is 79.1 Å². The minimum Gasteiger partial charge on any atom is -0.457 e. The number of piperidine rings is 1. The van der Waals surface area contributed by atoms with Crippen LogP contribution in [-0.2, 0) is 6.54 Å². The minimum absolute atomic E-state index is 0.0507. The van der Waals surface area contributed by atoms with Crippen LogP contribution in [0.5, 0.6) is 11.5 Å². The molecule has 6 rings (SSSR count). The van der Waals surface area contributed by atoms with Gasteiger partial charge < -0.3 is 9.64 Å². The Kier molecular flexibility index (Phi) is 6.03. The summed E-state index contributed by atoms with van der Waals surface area (Å²) in [6, 6.07) is 21.4. The zero-order chi connectivity index (χ0) is 24.5. The number of rotatable bonds is 5. The van der Waals surface area contributed by atoms with Crippen molar-refractivity contribution >= 4 is 29.1 Å². The molecule has 0 radical (unpaired) electrons. The maximum absolute atomic E-state index is 13.1. The van der Waals surface area contributed by atoms with E-state index in [1.165, 1.54) is 5.56 Å². The molecule has 0 saturated carbocycles. The van der Waals surface area contributed by atoms with E-state index >= 15 is 0 Å². The summed E-state index contributed by atoms with van der Waals surface area (Å²) in [5, 5.41) is 3.75. The average Bonchev–Trinajstić information content (AvgIpc) is 3.28. The van der Waals surface area contributed by atoms with Crippen molar-refractivity contribution in [2.75, 3.05) is 31.5 Å². The Morgan fingerprint density at radius 1 is 1.03 bits per heavy atom. The van der Waals surface area contributed by atoms with Crippen LogP contribution in [0.25, 0.3) is 5.65 Å². The molecule has 2 amide bonds. The maximum atomic E-state index is 13.1. The summed E-state index contributed by atoms with van der Waals surface area (Å²) >= 11 is 5.97. The highest BCUT2D eigenvalue weighted by Gasteiger charge is 2.46. The molecule has 2 aromatic carbocycles. The number of carbonyl (C=O) groups excluding carboxylic acids is 1. The van der Waals surface area contributed by atoms with Crippen LogP contribution in [0.4, 0.5) is 10.6 Å². The third kappa shape index (κ3) is 4.76. The number of hydrogen-bond donors (Lipinski definition) is 1. The fourth-order valence-electron chi connectivity index (χ4n) is 5.47. The molecular weight excluding hydrogens is 474 g/mol. The monoisotopic (exact) mass is 501 g/mol. The minimum atomic E-state index is -0.0507. The van der Waals surface area contributed by atoms with E-state index in [0.717, 1.165) is 62.7 Å². The predicted molar refractivity (Wildman–Crippen MR) is 141 cm³/mol. The molecule has 184 valence electrons. The highest BCUT2D eigenvalue weighted by molar-refractivity contribution is 6.30. The second-order valence-corrected chi connectivity index (χ2v) is 10.3. The number of halogens is 1. The van der Waals surface area contributed by atoms with E-state index < -0.39 is 0 Å². The standard InChI is InChI=1S/C28H28ClN5O2/c29-22-8-10-23(11-9-22)36-24-6-3-5-21(15-24)17-32-18-28(19-32)12-4-13-33(20-28)27(35)31-26-16-30-25-7-1-2-14-34(25)26/h1-3,5-11,14-16H,4,12-13,17-20H2,(H,31,35). The molecule has 2 aliphatic rings. The molecule has 2 saturated heterocycles. The van der Waals surface area contributed by atoms with Gasteiger partial charge in [0.05, 0.1) is 6.20 Å². The van der Waals surface area contributed by atoms with Gasteiger partial charge >= 0.3 is 6.03 Å². The molecule has 2 aromatic heterocycles. The average molecular weight is 502 g/mol. The summed E-state index contributed by atoms with van der Waals surface area (Å²) in [6.45, 7) is 4.43. The van der Waals surface area contributed by atoms with E-state index in [4.69, 9.17) is 16.3 Å². The molecule has 0 bridgehead atoms. The van der Waals surface area contributed by atoms with E-state index in [0.29, 0.717) is 10.8 Å². The van der Waals surface area contributed by atoms with Crippen LogP contribution >= 0.6 is 11.6 Å². The van der Waals surface area contributed by atoms with Crippen LogP contribution in [0.1, 0.15) is 18.4 Å². The molecule has 4 aromatic rings. The number of nitrogens with one attached hydrogen (secondary N) is 1. The molecule has 4 heterocycles. The lowest BCUT2D eigenvalue weighted by molar-refractivity contribution is -0.0475. The van der Waals surface area contributed by atoms with Crippen LogP contribution in [-0.4, -0.2) is 51.4 Å². The number of amides is 2. The number of benzene rings is 2. The summed E-state index contributed by atoms with van der Waals surface area (Å²) in [7, 11) is 0. The lowest BCUT2D eigenvalue weighted by atomic mass is 9.73. The topological polar surface area (TPSA) is 62.1 Å². The van der Waals surface area contributed by atoms with E-state index in [1.54, 1.807) is 6.20 Å². The molecule has 8 heteroatoms. The van der Waals surface area contributed by atoms with Crippen molar-refractivity contribution in [3.63, 3.8) is 0 Å². The number of likely N-dealkylation sites (tertiary alicyclic amines) is 2. The smallest absolute Gasteiger partial charge is 0.323 e. The molecule has 1 spiro atoms. The van der Waals surface area contributed by atoms with Gasteiger partial charge in [0.15, 0.2) is 0 Å². The number of hydrogen-bond acceptors (Lipinski definition) is 4. The van der Waals surface area contributed by atoms with Gasteiger partial charge in [0.1, 0.15) is 23.0 Å². The van der Waals surface area contributed by atoms with Gasteiger partial charge in [-0.05, 0) is 66.9 Å². The van der Waals surface area contributed by atoms with Crippen molar-refractivity contribution in [2.45, 2.75) is 19.4 Å². The second kappa shape index (κ2) is 9.48. The van der Waals surface area contributed by atoms with E-state index in [9.17, 15) is 4.79 Å². The van der Waals surface area contributed by atoms with Crippen molar-refractivity contribution in [1.82, 2.24) is 19.2 Å². The molecule has 2 fully saturated rings. The number of nitrogens with zero attached hydrogens (tertiary/aromatic N) is 4. The summed E-state index contributed by atoms with van der Waals surface area (Å²) in [5.41, 5.74) is 2.21. The van der Waals surface area contributed by atoms with Gasteiger partial charge in [0, 0.05) is 49.4 Å². The first-order valence-electron chi connectivity index (χ1n) is 12.3. The molecule has 7 nitrogen and oxygen atoms in total. The molecule has 0 atom stereocenters. The number of ether oxygens (including phenoxy) is 1. The first-order valence-corrected chi connectivity index (χ1v) is 12.7. The molecule has 36 heavy (non-hydrogen) atoms. The summed E-state index contributed by atoms with van der Waals surface area (Å²) in [6.07, 6.45) is 5.80. The molecule has 1 N–H and O–H groups in total. The van der Waals surface area contributed by atoms with Crippen LogP contribution in [0.3, 0.4) is 0 Å². The van der Waals surface area contributed by atoms with Crippen molar-refractivity contribution < 1.29 is 9.53 Å². The van der Waals surface area contributed by atoms with Gasteiger partial charge in [0.2, 0.25) is 0 Å². The van der Waals surface area contributed by atoms with Crippen LogP contribution < -0.4 is 10.1 Å². The second-order valence-electron chi connectivity index (χ2n) is 9.88. The lowest BCUT2D eigenvalue weighted by Crippen LogP contribution is -2.63. The van der Waals surface area contributed by atoms with Gasteiger partial charge in [-0.3, -0.25) is 14.6 Å². The summed E-state index contributed by atoms with van der Waals surface area (Å²) in [4.78, 5) is 21.8. The Hall–Kier alpha value is -3.55. The van der Waals surface area contributed by atoms with E-state index in [2.05, 4.69) is 27.3 Å². The maximum Gasteiger partial charge on any atom is 0.323 e. The zero-order valence-electron chi connectivity index (χ0n) is 19.9. The third-order valence-electron chi connectivity index (χ3n) is 7.07. The quantitative estimate of drug-likeness (QED) is 0.369. The van der Waals surface area contributed by atoms with E-state index in [1.807, 2.05) is 70.1 Å². The Balaban J connectivity index is 1.04. The number of fused-ring (bicyclic) bond motifs is 1. The van der Waals surface area contributed by atoms with Crippen molar-refractivity contribution in [3.05, 3.63) is 89.7 Å². The molecule has 0 unspecified atom stereocenters. The van der Waals surface area contributed by atoms with Crippen molar-refractivity contribution in [1.29, 1.82) is 0 Å². The Morgan fingerprint density at radius 2 is 1.89 bits per heavy atom.